The summed E-state index contributed by atoms with van der Waals surface area (Å²) in [6, 6.07) is -0.492. The highest BCUT2D eigenvalue weighted by Crippen LogP contribution is 2.21. The van der Waals surface area contributed by atoms with Crippen LogP contribution in [-0.4, -0.2) is 41.8 Å². The van der Waals surface area contributed by atoms with Crippen molar-refractivity contribution in [3.8, 4) is 0 Å². The molecule has 0 radical (unpaired) electrons. The van der Waals surface area contributed by atoms with Crippen LogP contribution in [-0.2, 0) is 14.3 Å². The average molecular weight is 257 g/mol. The van der Waals surface area contributed by atoms with E-state index in [0.29, 0.717) is 19.6 Å². The Morgan fingerprint density at radius 1 is 1.28 bits per heavy atom. The first-order chi connectivity index (χ1) is 8.35. The summed E-state index contributed by atoms with van der Waals surface area (Å²) in [4.78, 5) is 25.3. The predicted octanol–water partition coefficient (Wildman–Crippen LogP) is 2.34. The molecule has 0 aromatic carbocycles. The van der Waals surface area contributed by atoms with Crippen LogP contribution in [0.1, 0.15) is 47.0 Å². The maximum Gasteiger partial charge on any atom is 0.411 e. The molecule has 0 aromatic heterocycles. The quantitative estimate of drug-likeness (QED) is 0.712. The molecule has 5 nitrogen and oxygen atoms in total. The number of amides is 1. The number of piperidine rings is 1. The molecular weight excluding hydrogens is 234 g/mol. The van der Waals surface area contributed by atoms with Gasteiger partial charge in [0.15, 0.2) is 0 Å². The Morgan fingerprint density at radius 3 is 2.50 bits per heavy atom. The Hall–Kier alpha value is -1.26. The van der Waals surface area contributed by atoms with E-state index in [4.69, 9.17) is 9.47 Å². The van der Waals surface area contributed by atoms with Gasteiger partial charge in [-0.25, -0.2) is 9.59 Å². The Bertz CT molecular complexity index is 309. The first-order valence-corrected chi connectivity index (χ1v) is 6.51. The summed E-state index contributed by atoms with van der Waals surface area (Å²) in [5, 5.41) is 0. The van der Waals surface area contributed by atoms with Crippen LogP contribution in [0, 0.1) is 0 Å². The van der Waals surface area contributed by atoms with E-state index in [1.165, 1.54) is 4.90 Å². The first kappa shape index (κ1) is 14.8. The van der Waals surface area contributed by atoms with Gasteiger partial charge in [-0.15, -0.1) is 0 Å². The third-order valence-corrected chi connectivity index (χ3v) is 2.69. The van der Waals surface area contributed by atoms with Crippen LogP contribution in [0.3, 0.4) is 0 Å². The van der Waals surface area contributed by atoms with Crippen molar-refractivity contribution in [2.45, 2.75) is 58.6 Å². The van der Waals surface area contributed by atoms with Gasteiger partial charge in [0.2, 0.25) is 0 Å². The fourth-order valence-corrected chi connectivity index (χ4v) is 1.95. The van der Waals surface area contributed by atoms with Crippen LogP contribution in [0.25, 0.3) is 0 Å². The molecule has 0 bridgehead atoms. The Balaban J connectivity index is 2.70. The molecular formula is C13H23NO4. The molecule has 0 spiro atoms. The number of carbonyl (C=O) groups excluding carboxylic acids is 2. The number of likely N-dealkylation sites (tertiary alicyclic amines) is 1. The number of carbonyl (C=O) groups is 2. The van der Waals surface area contributed by atoms with Gasteiger partial charge in [0.25, 0.3) is 0 Å². The lowest BCUT2D eigenvalue weighted by Crippen LogP contribution is -2.50. The molecule has 1 unspecified atom stereocenters. The zero-order chi connectivity index (χ0) is 13.8. The van der Waals surface area contributed by atoms with Crippen LogP contribution in [0.15, 0.2) is 0 Å². The van der Waals surface area contributed by atoms with Crippen molar-refractivity contribution in [3.05, 3.63) is 0 Å². The number of nitrogens with zero attached hydrogens (tertiary/aromatic N) is 1. The van der Waals surface area contributed by atoms with Gasteiger partial charge in [-0.2, -0.15) is 0 Å². The minimum Gasteiger partial charge on any atom is -0.464 e. The summed E-state index contributed by atoms with van der Waals surface area (Å²) in [6.07, 6.45) is 2.05. The van der Waals surface area contributed by atoms with E-state index in [9.17, 15) is 9.59 Å². The number of hydrogen-bond donors (Lipinski definition) is 0. The van der Waals surface area contributed by atoms with Gasteiger partial charge < -0.3 is 9.47 Å². The summed E-state index contributed by atoms with van der Waals surface area (Å²) < 4.78 is 10.3. The largest absolute Gasteiger partial charge is 0.464 e. The lowest BCUT2D eigenvalue weighted by atomic mass is 10.0. The minimum absolute atomic E-state index is 0.331. The van der Waals surface area contributed by atoms with E-state index in [2.05, 4.69) is 0 Å². The molecule has 1 saturated heterocycles. The highest BCUT2D eigenvalue weighted by Gasteiger charge is 2.35. The molecule has 18 heavy (non-hydrogen) atoms. The molecule has 1 heterocycles. The highest BCUT2D eigenvalue weighted by molar-refractivity contribution is 5.81. The summed E-state index contributed by atoms with van der Waals surface area (Å²) in [5.41, 5.74) is -0.548. The molecule has 1 rings (SSSR count). The molecule has 1 aliphatic heterocycles. The molecule has 1 fully saturated rings. The SMILES string of the molecule is CCOC(=O)C1CCCCN1C(=O)OC(C)(C)C. The standard InChI is InChI=1S/C13H23NO4/c1-5-17-11(15)10-8-6-7-9-14(10)12(16)18-13(2,3)4/h10H,5-9H2,1-4H3. The van der Waals surface area contributed by atoms with Crippen molar-refractivity contribution >= 4 is 12.1 Å². The van der Waals surface area contributed by atoms with Crippen molar-refractivity contribution in [1.82, 2.24) is 4.90 Å². The van der Waals surface area contributed by atoms with Crippen LogP contribution in [0.2, 0.25) is 0 Å². The normalized spacial score (nSPS) is 20.4. The number of ether oxygens (including phenoxy) is 2. The topological polar surface area (TPSA) is 55.8 Å². The second-order valence-electron chi connectivity index (χ2n) is 5.44. The molecule has 1 amide bonds. The van der Waals surface area contributed by atoms with Gasteiger partial charge in [-0.05, 0) is 47.0 Å². The van der Waals surface area contributed by atoms with Crippen LogP contribution in [0.5, 0.6) is 0 Å². The third kappa shape index (κ3) is 4.20. The molecule has 104 valence electrons. The summed E-state index contributed by atoms with van der Waals surface area (Å²) in [6.45, 7) is 8.09. The molecule has 0 N–H and O–H groups in total. The Kier molecular flexibility index (Phi) is 4.99. The minimum atomic E-state index is -0.548. The number of esters is 1. The van der Waals surface area contributed by atoms with Gasteiger partial charge >= 0.3 is 12.1 Å². The molecule has 0 aromatic rings. The lowest BCUT2D eigenvalue weighted by molar-refractivity contribution is -0.150. The van der Waals surface area contributed by atoms with Gasteiger partial charge in [-0.3, -0.25) is 4.90 Å². The van der Waals surface area contributed by atoms with Crippen molar-refractivity contribution in [3.63, 3.8) is 0 Å². The van der Waals surface area contributed by atoms with Crippen molar-refractivity contribution < 1.29 is 19.1 Å². The third-order valence-electron chi connectivity index (χ3n) is 2.69. The fourth-order valence-electron chi connectivity index (χ4n) is 1.95. The van der Waals surface area contributed by atoms with E-state index in [-0.39, 0.29) is 5.97 Å². The van der Waals surface area contributed by atoms with Gasteiger partial charge in [-0.1, -0.05) is 0 Å². The van der Waals surface area contributed by atoms with Gasteiger partial charge in [0.1, 0.15) is 11.6 Å². The second kappa shape index (κ2) is 6.07. The van der Waals surface area contributed by atoms with E-state index >= 15 is 0 Å². The van der Waals surface area contributed by atoms with E-state index < -0.39 is 17.7 Å². The van der Waals surface area contributed by atoms with E-state index in [0.717, 1.165) is 12.8 Å². The number of rotatable bonds is 2. The Morgan fingerprint density at radius 2 is 1.94 bits per heavy atom. The van der Waals surface area contributed by atoms with Crippen LogP contribution in [0.4, 0.5) is 4.79 Å². The zero-order valence-corrected chi connectivity index (χ0v) is 11.7. The van der Waals surface area contributed by atoms with Crippen molar-refractivity contribution in [1.29, 1.82) is 0 Å². The van der Waals surface area contributed by atoms with Gasteiger partial charge in [0, 0.05) is 6.54 Å². The van der Waals surface area contributed by atoms with Gasteiger partial charge in [0.05, 0.1) is 6.61 Å². The highest BCUT2D eigenvalue weighted by atomic mass is 16.6. The zero-order valence-electron chi connectivity index (χ0n) is 11.7. The lowest BCUT2D eigenvalue weighted by Gasteiger charge is -2.35. The van der Waals surface area contributed by atoms with E-state index in [1.807, 2.05) is 20.8 Å². The van der Waals surface area contributed by atoms with Crippen molar-refractivity contribution in [2.24, 2.45) is 0 Å². The monoisotopic (exact) mass is 257 g/mol. The van der Waals surface area contributed by atoms with Crippen molar-refractivity contribution in [2.75, 3.05) is 13.2 Å². The second-order valence-corrected chi connectivity index (χ2v) is 5.44. The molecule has 0 aliphatic carbocycles. The molecule has 1 atom stereocenters. The maximum atomic E-state index is 12.0. The summed E-state index contributed by atoms with van der Waals surface area (Å²) in [7, 11) is 0. The molecule has 0 saturated carbocycles. The molecule has 5 heteroatoms. The van der Waals surface area contributed by atoms with Crippen LogP contribution >= 0.6 is 0 Å². The maximum absolute atomic E-state index is 12.0. The fraction of sp³-hybridized carbons (Fsp3) is 0.846. The first-order valence-electron chi connectivity index (χ1n) is 6.51. The number of hydrogen-bond acceptors (Lipinski definition) is 4. The smallest absolute Gasteiger partial charge is 0.411 e. The molecule has 1 aliphatic rings. The summed E-state index contributed by atoms with van der Waals surface area (Å²) in [5.74, 6) is -0.331. The summed E-state index contributed by atoms with van der Waals surface area (Å²) >= 11 is 0. The Labute approximate surface area is 108 Å². The van der Waals surface area contributed by atoms with Crippen LogP contribution < -0.4 is 0 Å². The average Bonchev–Trinajstić information content (AvgIpc) is 2.27. The predicted molar refractivity (Wildman–Crippen MR) is 67.2 cm³/mol. The van der Waals surface area contributed by atoms with E-state index in [1.54, 1.807) is 6.92 Å².